The molecule has 1 heterocycles. The first-order valence-electron chi connectivity index (χ1n) is 7.25. The van der Waals surface area contributed by atoms with Gasteiger partial charge in [-0.3, -0.25) is 4.90 Å². The molecule has 2 rings (SSSR count). The summed E-state index contributed by atoms with van der Waals surface area (Å²) in [5, 5.41) is 9.25. The fourth-order valence-electron chi connectivity index (χ4n) is 2.66. The van der Waals surface area contributed by atoms with Crippen LogP contribution in [0, 0.1) is 13.8 Å². The van der Waals surface area contributed by atoms with Gasteiger partial charge in [-0.1, -0.05) is 6.07 Å². The standard InChI is InChI=1S/C16H25NO2/c1-13-6-7-16(11-14(13)2)19-10-4-9-17-8-3-5-15(17)12-18/h6-7,11,15,18H,3-5,8-10,12H2,1-2H3/t15-/m0/s1. The third-order valence-corrected chi connectivity index (χ3v) is 4.05. The molecule has 0 unspecified atom stereocenters. The smallest absolute Gasteiger partial charge is 0.119 e. The van der Waals surface area contributed by atoms with E-state index >= 15 is 0 Å². The van der Waals surface area contributed by atoms with Crippen LogP contribution in [0.5, 0.6) is 5.75 Å². The van der Waals surface area contributed by atoms with Gasteiger partial charge in [0.25, 0.3) is 0 Å². The normalized spacial score (nSPS) is 19.8. The molecule has 1 atom stereocenters. The van der Waals surface area contributed by atoms with Crippen molar-refractivity contribution >= 4 is 0 Å². The van der Waals surface area contributed by atoms with Gasteiger partial charge >= 0.3 is 0 Å². The van der Waals surface area contributed by atoms with E-state index in [1.165, 1.54) is 17.5 Å². The summed E-state index contributed by atoms with van der Waals surface area (Å²) < 4.78 is 5.78. The number of ether oxygens (including phenoxy) is 1. The number of aliphatic hydroxyl groups excluding tert-OH is 1. The van der Waals surface area contributed by atoms with Crippen LogP contribution in [0.1, 0.15) is 30.4 Å². The quantitative estimate of drug-likeness (QED) is 0.801. The number of hydrogen-bond donors (Lipinski definition) is 1. The Morgan fingerprint density at radius 3 is 2.89 bits per heavy atom. The highest BCUT2D eigenvalue weighted by atomic mass is 16.5. The Morgan fingerprint density at radius 1 is 1.32 bits per heavy atom. The van der Waals surface area contributed by atoms with Crippen molar-refractivity contribution in [3.8, 4) is 5.75 Å². The molecule has 0 saturated carbocycles. The Morgan fingerprint density at radius 2 is 2.16 bits per heavy atom. The third kappa shape index (κ3) is 3.95. The van der Waals surface area contributed by atoms with Crippen LogP contribution in [0.2, 0.25) is 0 Å². The van der Waals surface area contributed by atoms with Gasteiger partial charge in [0.15, 0.2) is 0 Å². The van der Waals surface area contributed by atoms with Gasteiger partial charge in [-0.25, -0.2) is 0 Å². The Kier molecular flexibility index (Phi) is 5.23. The van der Waals surface area contributed by atoms with Gasteiger partial charge < -0.3 is 9.84 Å². The molecule has 1 aliphatic rings. The lowest BCUT2D eigenvalue weighted by Crippen LogP contribution is -2.33. The molecule has 1 aromatic rings. The summed E-state index contributed by atoms with van der Waals surface area (Å²) in [6.45, 7) is 7.40. The summed E-state index contributed by atoms with van der Waals surface area (Å²) in [5.74, 6) is 0.961. The fourth-order valence-corrected chi connectivity index (χ4v) is 2.66. The van der Waals surface area contributed by atoms with Gasteiger partial charge in [-0.05, 0) is 62.9 Å². The van der Waals surface area contributed by atoms with Gasteiger partial charge in [0, 0.05) is 12.6 Å². The second-order valence-corrected chi connectivity index (χ2v) is 5.46. The van der Waals surface area contributed by atoms with Crippen LogP contribution in [-0.2, 0) is 0 Å². The van der Waals surface area contributed by atoms with Crippen LogP contribution in [-0.4, -0.2) is 42.4 Å². The highest BCUT2D eigenvalue weighted by molar-refractivity contribution is 5.33. The molecule has 1 N–H and O–H groups in total. The van der Waals surface area contributed by atoms with Crippen molar-refractivity contribution in [2.45, 2.75) is 39.2 Å². The van der Waals surface area contributed by atoms with Gasteiger partial charge in [0.05, 0.1) is 13.2 Å². The van der Waals surface area contributed by atoms with E-state index in [-0.39, 0.29) is 6.61 Å². The van der Waals surface area contributed by atoms with E-state index in [1.807, 2.05) is 6.07 Å². The molecule has 1 aliphatic heterocycles. The number of aliphatic hydroxyl groups is 1. The van der Waals surface area contributed by atoms with Crippen molar-refractivity contribution < 1.29 is 9.84 Å². The molecule has 106 valence electrons. The number of benzene rings is 1. The van der Waals surface area contributed by atoms with Crippen LogP contribution < -0.4 is 4.74 Å². The minimum Gasteiger partial charge on any atom is -0.494 e. The summed E-state index contributed by atoms with van der Waals surface area (Å²) >= 11 is 0. The molecule has 3 nitrogen and oxygen atoms in total. The lowest BCUT2D eigenvalue weighted by molar-refractivity contribution is 0.150. The van der Waals surface area contributed by atoms with Crippen LogP contribution in [0.15, 0.2) is 18.2 Å². The zero-order valence-electron chi connectivity index (χ0n) is 12.1. The lowest BCUT2D eigenvalue weighted by atomic mass is 10.1. The van der Waals surface area contributed by atoms with Crippen molar-refractivity contribution in [3.63, 3.8) is 0 Å². The molecular formula is C16H25NO2. The molecule has 0 spiro atoms. The van der Waals surface area contributed by atoms with Crippen molar-refractivity contribution in [1.29, 1.82) is 0 Å². The second-order valence-electron chi connectivity index (χ2n) is 5.46. The average Bonchev–Trinajstić information content (AvgIpc) is 2.86. The van der Waals surface area contributed by atoms with Crippen LogP contribution in [0.3, 0.4) is 0 Å². The molecule has 3 heteroatoms. The number of likely N-dealkylation sites (tertiary alicyclic amines) is 1. The first kappa shape index (κ1) is 14.4. The molecular weight excluding hydrogens is 238 g/mol. The van der Waals surface area contributed by atoms with Crippen molar-refractivity contribution in [2.24, 2.45) is 0 Å². The first-order chi connectivity index (χ1) is 9.20. The van der Waals surface area contributed by atoms with Crippen LogP contribution in [0.4, 0.5) is 0 Å². The molecule has 0 aromatic heterocycles. The van der Waals surface area contributed by atoms with Gasteiger partial charge in [-0.15, -0.1) is 0 Å². The van der Waals surface area contributed by atoms with Crippen molar-refractivity contribution in [1.82, 2.24) is 4.90 Å². The van der Waals surface area contributed by atoms with Crippen LogP contribution >= 0.6 is 0 Å². The van der Waals surface area contributed by atoms with Gasteiger partial charge in [-0.2, -0.15) is 0 Å². The Hall–Kier alpha value is -1.06. The highest BCUT2D eigenvalue weighted by Crippen LogP contribution is 2.18. The topological polar surface area (TPSA) is 32.7 Å². The monoisotopic (exact) mass is 263 g/mol. The van der Waals surface area contributed by atoms with E-state index in [9.17, 15) is 5.11 Å². The number of rotatable bonds is 6. The van der Waals surface area contributed by atoms with E-state index in [2.05, 4.69) is 30.9 Å². The summed E-state index contributed by atoms with van der Waals surface area (Å²) in [7, 11) is 0. The molecule has 0 radical (unpaired) electrons. The first-order valence-corrected chi connectivity index (χ1v) is 7.25. The van der Waals surface area contributed by atoms with Crippen molar-refractivity contribution in [2.75, 3.05) is 26.3 Å². The Labute approximate surface area is 116 Å². The third-order valence-electron chi connectivity index (χ3n) is 4.05. The maximum atomic E-state index is 9.25. The highest BCUT2D eigenvalue weighted by Gasteiger charge is 2.22. The lowest BCUT2D eigenvalue weighted by Gasteiger charge is -2.22. The predicted octanol–water partition coefficient (Wildman–Crippen LogP) is 2.53. The largest absolute Gasteiger partial charge is 0.494 e. The Balaban J connectivity index is 1.70. The fraction of sp³-hybridized carbons (Fsp3) is 0.625. The van der Waals surface area contributed by atoms with Crippen LogP contribution in [0.25, 0.3) is 0 Å². The molecule has 19 heavy (non-hydrogen) atoms. The minimum absolute atomic E-state index is 0.290. The molecule has 0 bridgehead atoms. The maximum absolute atomic E-state index is 9.25. The second kappa shape index (κ2) is 6.92. The average molecular weight is 263 g/mol. The number of aryl methyl sites for hydroxylation is 2. The van der Waals surface area contributed by atoms with Crippen molar-refractivity contribution in [3.05, 3.63) is 29.3 Å². The summed E-state index contributed by atoms with van der Waals surface area (Å²) in [6, 6.07) is 6.62. The molecule has 0 amide bonds. The molecule has 1 fully saturated rings. The van der Waals surface area contributed by atoms with E-state index in [1.54, 1.807) is 0 Å². The SMILES string of the molecule is Cc1ccc(OCCCN2CCC[C@H]2CO)cc1C. The molecule has 0 aliphatic carbocycles. The number of nitrogens with zero attached hydrogens (tertiary/aromatic N) is 1. The Bertz CT molecular complexity index is 406. The van der Waals surface area contributed by atoms with E-state index in [4.69, 9.17) is 4.74 Å². The zero-order chi connectivity index (χ0) is 13.7. The van der Waals surface area contributed by atoms with E-state index in [0.29, 0.717) is 6.04 Å². The molecule has 1 aromatic carbocycles. The summed E-state index contributed by atoms with van der Waals surface area (Å²) in [6.07, 6.45) is 3.36. The van der Waals surface area contributed by atoms with Gasteiger partial charge in [0.1, 0.15) is 5.75 Å². The molecule has 1 saturated heterocycles. The maximum Gasteiger partial charge on any atom is 0.119 e. The summed E-state index contributed by atoms with van der Waals surface area (Å²) in [5.41, 5.74) is 2.58. The minimum atomic E-state index is 0.290. The predicted molar refractivity (Wildman–Crippen MR) is 77.7 cm³/mol. The zero-order valence-corrected chi connectivity index (χ0v) is 12.1. The van der Waals surface area contributed by atoms with E-state index < -0.39 is 0 Å². The van der Waals surface area contributed by atoms with Gasteiger partial charge in [0.2, 0.25) is 0 Å². The summed E-state index contributed by atoms with van der Waals surface area (Å²) in [4.78, 5) is 2.38. The number of hydrogen-bond acceptors (Lipinski definition) is 3. The van der Waals surface area contributed by atoms with E-state index in [0.717, 1.165) is 38.3 Å².